The molecule has 0 fully saturated rings. The van der Waals surface area contributed by atoms with Gasteiger partial charge in [0.2, 0.25) is 5.69 Å². The molecule has 0 aliphatic rings. The highest BCUT2D eigenvalue weighted by molar-refractivity contribution is 6.32. The summed E-state index contributed by atoms with van der Waals surface area (Å²) in [5.41, 5.74) is 5.31. The molecule has 4 heteroatoms. The molecule has 3 rings (SSSR count). The number of hydrogen-bond donors (Lipinski definition) is 0. The van der Waals surface area contributed by atoms with Crippen molar-refractivity contribution >= 4 is 17.3 Å². The van der Waals surface area contributed by atoms with Gasteiger partial charge in [-0.3, -0.25) is 0 Å². The van der Waals surface area contributed by atoms with Crippen LogP contribution in [0.25, 0.3) is 27.2 Å². The smallest absolute Gasteiger partial charge is 0.224 e. The lowest BCUT2D eigenvalue weighted by molar-refractivity contribution is 0.402. The van der Waals surface area contributed by atoms with E-state index < -0.39 is 0 Å². The highest BCUT2D eigenvalue weighted by atomic mass is 35.5. The fourth-order valence-electron chi connectivity index (χ4n) is 2.75. The van der Waals surface area contributed by atoms with Crippen molar-refractivity contribution in [2.24, 2.45) is 0 Å². The summed E-state index contributed by atoms with van der Waals surface area (Å²) in [7, 11) is 4.09. The van der Waals surface area contributed by atoms with E-state index >= 15 is 0 Å². The molecule has 0 saturated carbocycles. The van der Waals surface area contributed by atoms with Crippen molar-refractivity contribution < 1.29 is 0 Å². The molecule has 0 radical (unpaired) electrons. The van der Waals surface area contributed by atoms with Crippen LogP contribution in [-0.2, 0) is 6.54 Å². The van der Waals surface area contributed by atoms with Crippen LogP contribution in [0.1, 0.15) is 5.56 Å². The molecule has 1 aromatic heterocycles. The van der Waals surface area contributed by atoms with Gasteiger partial charge in [-0.05, 0) is 36.9 Å². The van der Waals surface area contributed by atoms with Crippen molar-refractivity contribution in [1.82, 2.24) is 9.88 Å². The zero-order valence-corrected chi connectivity index (χ0v) is 15.0. The number of halogens is 1. The summed E-state index contributed by atoms with van der Waals surface area (Å²) < 4.78 is 0. The maximum absolute atomic E-state index is 7.31. The molecule has 25 heavy (non-hydrogen) atoms. The lowest BCUT2D eigenvalue weighted by Crippen LogP contribution is -2.10. The number of nitrogens with zero attached hydrogens (tertiary/aromatic N) is 3. The molecular weight excluding hydrogens is 330 g/mol. The Hall–Kier alpha value is -2.67. The van der Waals surface area contributed by atoms with E-state index in [0.717, 1.165) is 28.9 Å². The third kappa shape index (κ3) is 3.88. The van der Waals surface area contributed by atoms with Gasteiger partial charge in [0, 0.05) is 12.1 Å². The standard InChI is InChI=1S/C21H18ClN3/c1-23-19-13-18(16-7-5-4-6-8-16)20(24-21(19)22)17-11-9-15(10-12-17)14-25(2)3/h4-13H,14H2,2-3H3. The third-order valence-corrected chi connectivity index (χ3v) is 4.17. The zero-order valence-electron chi connectivity index (χ0n) is 14.2. The van der Waals surface area contributed by atoms with E-state index in [-0.39, 0.29) is 5.15 Å². The minimum atomic E-state index is 0.238. The van der Waals surface area contributed by atoms with Gasteiger partial charge in [0.15, 0.2) is 0 Å². The normalized spacial score (nSPS) is 10.7. The maximum atomic E-state index is 7.31. The molecule has 3 aromatic rings. The Morgan fingerprint density at radius 1 is 1.00 bits per heavy atom. The Kier molecular flexibility index (Phi) is 5.14. The van der Waals surface area contributed by atoms with Crippen molar-refractivity contribution in [3.8, 4) is 22.4 Å². The van der Waals surface area contributed by atoms with Crippen LogP contribution in [0.5, 0.6) is 0 Å². The number of benzene rings is 2. The number of rotatable bonds is 4. The molecule has 0 saturated heterocycles. The van der Waals surface area contributed by atoms with Crippen LogP contribution in [0.15, 0.2) is 60.7 Å². The van der Waals surface area contributed by atoms with Crippen LogP contribution in [0.4, 0.5) is 5.69 Å². The van der Waals surface area contributed by atoms with Crippen molar-refractivity contribution in [3.63, 3.8) is 0 Å². The molecule has 0 atom stereocenters. The van der Waals surface area contributed by atoms with E-state index in [2.05, 4.69) is 39.0 Å². The Morgan fingerprint density at radius 3 is 2.28 bits per heavy atom. The van der Waals surface area contributed by atoms with Gasteiger partial charge >= 0.3 is 0 Å². The second-order valence-electron chi connectivity index (χ2n) is 6.11. The molecule has 2 aromatic carbocycles. The lowest BCUT2D eigenvalue weighted by atomic mass is 9.98. The van der Waals surface area contributed by atoms with Crippen molar-refractivity contribution in [3.05, 3.63) is 82.8 Å². The van der Waals surface area contributed by atoms with Gasteiger partial charge in [0.1, 0.15) is 5.15 Å². The molecule has 0 amide bonds. The number of aromatic nitrogens is 1. The molecule has 0 unspecified atom stereocenters. The van der Waals surface area contributed by atoms with E-state index in [0.29, 0.717) is 5.69 Å². The minimum Gasteiger partial charge on any atom is -0.305 e. The molecule has 0 spiro atoms. The summed E-state index contributed by atoms with van der Waals surface area (Å²) in [6, 6.07) is 20.1. The van der Waals surface area contributed by atoms with Gasteiger partial charge in [-0.2, -0.15) is 0 Å². The molecule has 0 bridgehead atoms. The van der Waals surface area contributed by atoms with Crippen LogP contribution in [0.3, 0.4) is 0 Å². The Labute approximate surface area is 153 Å². The first-order valence-electron chi connectivity index (χ1n) is 7.96. The average Bonchev–Trinajstić information content (AvgIpc) is 2.62. The fourth-order valence-corrected chi connectivity index (χ4v) is 2.93. The fraction of sp³-hybridized carbons (Fsp3) is 0.143. The third-order valence-electron chi connectivity index (χ3n) is 3.89. The summed E-state index contributed by atoms with van der Waals surface area (Å²) in [4.78, 5) is 10.1. The van der Waals surface area contributed by atoms with Crippen LogP contribution in [-0.4, -0.2) is 24.0 Å². The highest BCUT2D eigenvalue weighted by Gasteiger charge is 2.14. The van der Waals surface area contributed by atoms with Crippen molar-refractivity contribution in [2.75, 3.05) is 14.1 Å². The lowest BCUT2D eigenvalue weighted by Gasteiger charge is -2.13. The van der Waals surface area contributed by atoms with E-state index in [4.69, 9.17) is 18.2 Å². The first-order valence-corrected chi connectivity index (χ1v) is 8.33. The van der Waals surface area contributed by atoms with Gasteiger partial charge in [-0.1, -0.05) is 66.2 Å². The molecular formula is C21H18ClN3. The Balaban J connectivity index is 2.12. The number of hydrogen-bond acceptors (Lipinski definition) is 2. The monoisotopic (exact) mass is 347 g/mol. The zero-order chi connectivity index (χ0) is 17.8. The molecule has 1 heterocycles. The highest BCUT2D eigenvalue weighted by Crippen LogP contribution is 2.37. The summed E-state index contributed by atoms with van der Waals surface area (Å²) in [6.45, 7) is 8.19. The molecule has 0 N–H and O–H groups in total. The first-order chi connectivity index (χ1) is 12.1. The SMILES string of the molecule is [C-]#[N+]c1cc(-c2ccccc2)c(-c2ccc(CN(C)C)cc2)nc1Cl. The summed E-state index contributed by atoms with van der Waals surface area (Å²) in [5, 5.41) is 0.238. The van der Waals surface area contributed by atoms with Gasteiger partial charge in [-0.15, -0.1) is 0 Å². The van der Waals surface area contributed by atoms with Crippen LogP contribution < -0.4 is 0 Å². The van der Waals surface area contributed by atoms with E-state index in [1.165, 1.54) is 5.56 Å². The van der Waals surface area contributed by atoms with Crippen LogP contribution in [0, 0.1) is 6.57 Å². The second kappa shape index (κ2) is 7.48. The average molecular weight is 348 g/mol. The summed E-state index contributed by atoms with van der Waals surface area (Å²) in [5.74, 6) is 0. The topological polar surface area (TPSA) is 20.5 Å². The summed E-state index contributed by atoms with van der Waals surface area (Å²) >= 11 is 6.21. The maximum Gasteiger partial charge on any atom is 0.224 e. The number of pyridine rings is 1. The van der Waals surface area contributed by atoms with Crippen LogP contribution in [0.2, 0.25) is 5.15 Å². The predicted octanol–water partition coefficient (Wildman–Crippen LogP) is 5.68. The Morgan fingerprint density at radius 2 is 1.68 bits per heavy atom. The second-order valence-corrected chi connectivity index (χ2v) is 6.47. The summed E-state index contributed by atoms with van der Waals surface area (Å²) in [6.07, 6.45) is 0. The van der Waals surface area contributed by atoms with Gasteiger partial charge in [-0.25, -0.2) is 9.83 Å². The van der Waals surface area contributed by atoms with Crippen LogP contribution >= 0.6 is 11.6 Å². The van der Waals surface area contributed by atoms with Crippen molar-refractivity contribution in [2.45, 2.75) is 6.54 Å². The molecule has 124 valence electrons. The van der Waals surface area contributed by atoms with Gasteiger partial charge in [0.05, 0.1) is 12.3 Å². The molecule has 0 aliphatic carbocycles. The predicted molar refractivity (Wildman–Crippen MR) is 104 cm³/mol. The van der Waals surface area contributed by atoms with Crippen molar-refractivity contribution in [1.29, 1.82) is 0 Å². The van der Waals surface area contributed by atoms with Gasteiger partial charge in [0.25, 0.3) is 0 Å². The quantitative estimate of drug-likeness (QED) is 0.447. The Bertz CT molecular complexity index is 910. The van der Waals surface area contributed by atoms with E-state index in [1.807, 2.05) is 50.5 Å². The first kappa shape index (κ1) is 17.2. The molecule has 0 aliphatic heterocycles. The van der Waals surface area contributed by atoms with E-state index in [9.17, 15) is 0 Å². The minimum absolute atomic E-state index is 0.238. The molecule has 3 nitrogen and oxygen atoms in total. The van der Waals surface area contributed by atoms with Gasteiger partial charge < -0.3 is 4.90 Å². The van der Waals surface area contributed by atoms with E-state index in [1.54, 1.807) is 0 Å². The largest absolute Gasteiger partial charge is 0.305 e.